The first kappa shape index (κ1) is 49.2. The highest BCUT2D eigenvalue weighted by Crippen LogP contribution is 2.46. The quantitative estimate of drug-likeness (QED) is 0.0398. The summed E-state index contributed by atoms with van der Waals surface area (Å²) >= 11 is 0. The Hall–Kier alpha value is -5.28. The molecule has 6 aromatic rings. The fourth-order valence-corrected chi connectivity index (χ4v) is 10.2. The molecule has 1 fully saturated rings. The molecule has 0 spiro atoms. The Labute approximate surface area is 405 Å². The van der Waals surface area contributed by atoms with Gasteiger partial charge in [-0.25, -0.2) is 0 Å². The summed E-state index contributed by atoms with van der Waals surface area (Å²) in [5.74, 6) is 1.63. The van der Waals surface area contributed by atoms with Gasteiger partial charge in [0.05, 0.1) is 24.9 Å². The second-order valence-corrected chi connectivity index (χ2v) is 19.6. The molecule has 2 atom stereocenters. The van der Waals surface area contributed by atoms with Crippen LogP contribution in [0.25, 0.3) is 0 Å². The molecule has 9 rings (SSSR count). The monoisotopic (exact) mass is 917 g/mol. The van der Waals surface area contributed by atoms with Crippen molar-refractivity contribution in [1.82, 2.24) is 0 Å². The smallest absolute Gasteiger partial charge is 0.147 e. The van der Waals surface area contributed by atoms with Gasteiger partial charge in [0.2, 0.25) is 0 Å². The molecule has 0 amide bonds. The van der Waals surface area contributed by atoms with E-state index in [1.165, 1.54) is 44.5 Å². The first-order valence-electron chi connectivity index (χ1n) is 25.0. The summed E-state index contributed by atoms with van der Waals surface area (Å²) in [5, 5.41) is 11.1. The number of hydrogen-bond donors (Lipinski definition) is 1. The Morgan fingerprint density at radius 1 is 0.574 bits per heavy atom. The second kappa shape index (κ2) is 22.9. The second-order valence-electron chi connectivity index (χ2n) is 19.6. The third kappa shape index (κ3) is 12.3. The largest absolute Gasteiger partial charge is 0.491 e. The van der Waals surface area contributed by atoms with Crippen molar-refractivity contribution in [1.29, 1.82) is 0 Å². The van der Waals surface area contributed by atoms with Gasteiger partial charge in [0, 0.05) is 17.4 Å². The van der Waals surface area contributed by atoms with Gasteiger partial charge in [-0.2, -0.15) is 0 Å². The molecule has 0 bridgehead atoms. The van der Waals surface area contributed by atoms with Crippen LogP contribution < -0.4 is 9.47 Å². The summed E-state index contributed by atoms with van der Waals surface area (Å²) in [7, 11) is 0. The molecular formula is C61H72O7. The van der Waals surface area contributed by atoms with Crippen molar-refractivity contribution in [2.24, 2.45) is 0 Å². The molecule has 2 aliphatic carbocycles. The van der Waals surface area contributed by atoms with Crippen LogP contribution in [0.4, 0.5) is 0 Å². The van der Waals surface area contributed by atoms with Crippen LogP contribution in [-0.2, 0) is 61.1 Å². The predicted molar refractivity (Wildman–Crippen MR) is 272 cm³/mol. The van der Waals surface area contributed by atoms with Crippen LogP contribution in [0.3, 0.4) is 0 Å². The van der Waals surface area contributed by atoms with Crippen LogP contribution in [0.5, 0.6) is 11.5 Å². The third-order valence-electron chi connectivity index (χ3n) is 14.4. The number of ether oxygens (including phenoxy) is 6. The van der Waals surface area contributed by atoms with Crippen molar-refractivity contribution in [2.45, 2.75) is 121 Å². The van der Waals surface area contributed by atoms with Crippen LogP contribution in [0.1, 0.15) is 110 Å². The Bertz CT molecular complexity index is 2400. The van der Waals surface area contributed by atoms with Gasteiger partial charge in [-0.1, -0.05) is 127 Å². The van der Waals surface area contributed by atoms with E-state index < -0.39 is 11.7 Å². The van der Waals surface area contributed by atoms with Crippen molar-refractivity contribution in [3.8, 4) is 11.5 Å². The van der Waals surface area contributed by atoms with Crippen LogP contribution in [0.15, 0.2) is 152 Å². The van der Waals surface area contributed by atoms with Gasteiger partial charge in [0.1, 0.15) is 43.7 Å². The van der Waals surface area contributed by atoms with E-state index in [0.29, 0.717) is 13.4 Å². The fourth-order valence-electron chi connectivity index (χ4n) is 10.2. The normalized spacial score (nSPS) is 17.6. The average molecular weight is 917 g/mol. The van der Waals surface area contributed by atoms with Crippen molar-refractivity contribution < 1.29 is 33.5 Å². The molecule has 1 saturated heterocycles. The molecule has 6 aromatic carbocycles. The summed E-state index contributed by atoms with van der Waals surface area (Å²) in [6, 6.07) is 55.1. The van der Waals surface area contributed by atoms with Crippen LogP contribution in [0.2, 0.25) is 0 Å². The van der Waals surface area contributed by atoms with Crippen molar-refractivity contribution in [3.63, 3.8) is 0 Å². The Morgan fingerprint density at radius 3 is 1.44 bits per heavy atom. The molecule has 0 aromatic heterocycles. The standard InChI is InChI=1S/C55H58O5.C6H14O2/c1-53(2,44-16-18-46(19-17-44)55(34-30-42-12-8-9-13-43(42)31-35-55)48-22-26-51(27-23-48)58-38-52-39-59-52)60-37-49(56)36-57-50-24-20-47(21-25-50)54(45-14-4-3-5-15-45)32-28-40-10-6-7-11-41(40)29-33-54;1-4-7-5-8-6(2)3/h3-27,49,52,56H,28-39H2,1-2H3;6H,4-5H2,1-3H3. The van der Waals surface area contributed by atoms with E-state index in [1.54, 1.807) is 0 Å². The van der Waals surface area contributed by atoms with Crippen molar-refractivity contribution >= 4 is 0 Å². The molecular weight excluding hydrogens is 845 g/mol. The molecule has 0 saturated carbocycles. The minimum Gasteiger partial charge on any atom is -0.491 e. The number of aliphatic hydroxyl groups is 1. The van der Waals surface area contributed by atoms with E-state index >= 15 is 0 Å². The zero-order chi connectivity index (χ0) is 47.4. The summed E-state index contributed by atoms with van der Waals surface area (Å²) in [5.41, 5.74) is 11.4. The number of rotatable bonds is 18. The summed E-state index contributed by atoms with van der Waals surface area (Å²) in [4.78, 5) is 0. The van der Waals surface area contributed by atoms with Crippen molar-refractivity contribution in [3.05, 3.63) is 202 Å². The van der Waals surface area contributed by atoms with E-state index in [1.807, 2.05) is 20.8 Å². The number of benzene rings is 6. The molecule has 0 radical (unpaired) electrons. The molecule has 7 nitrogen and oxygen atoms in total. The number of aliphatic hydroxyl groups excluding tert-OH is 1. The lowest BCUT2D eigenvalue weighted by Crippen LogP contribution is -2.31. The minimum absolute atomic E-state index is 0.0791. The maximum absolute atomic E-state index is 11.1. The van der Waals surface area contributed by atoms with Gasteiger partial charge < -0.3 is 33.5 Å². The summed E-state index contributed by atoms with van der Waals surface area (Å²) in [6.45, 7) is 12.9. The molecule has 358 valence electrons. The predicted octanol–water partition coefficient (Wildman–Crippen LogP) is 12.3. The highest BCUT2D eigenvalue weighted by atomic mass is 16.7. The van der Waals surface area contributed by atoms with E-state index in [-0.39, 0.29) is 36.3 Å². The number of epoxide rings is 1. The van der Waals surface area contributed by atoms with Crippen LogP contribution in [-0.4, -0.2) is 63.2 Å². The topological polar surface area (TPSA) is 78.9 Å². The van der Waals surface area contributed by atoms with E-state index in [2.05, 4.69) is 166 Å². The lowest BCUT2D eigenvalue weighted by Gasteiger charge is -2.35. The molecule has 1 heterocycles. The maximum atomic E-state index is 11.1. The maximum Gasteiger partial charge on any atom is 0.147 e. The van der Waals surface area contributed by atoms with Gasteiger partial charge >= 0.3 is 0 Å². The first-order valence-corrected chi connectivity index (χ1v) is 25.0. The molecule has 68 heavy (non-hydrogen) atoms. The lowest BCUT2D eigenvalue weighted by atomic mass is 9.69. The van der Waals surface area contributed by atoms with Gasteiger partial charge in [-0.3, -0.25) is 0 Å². The van der Waals surface area contributed by atoms with Crippen LogP contribution >= 0.6 is 0 Å². The molecule has 1 N–H and O–H groups in total. The first-order chi connectivity index (χ1) is 33.1. The SMILES string of the molecule is CC(C)(OCC(O)COc1ccc(C2(c3ccccc3)CCc3ccccc3CC2)cc1)c1ccc(C2(c3ccc(OCC4CO4)cc3)CCc3ccccc3CC2)cc1.CCOCOC(C)C. The zero-order valence-electron chi connectivity index (χ0n) is 41.0. The highest BCUT2D eigenvalue weighted by molar-refractivity contribution is 5.47. The van der Waals surface area contributed by atoms with Gasteiger partial charge in [-0.05, 0) is 160 Å². The van der Waals surface area contributed by atoms with E-state index in [9.17, 15) is 5.11 Å². The summed E-state index contributed by atoms with van der Waals surface area (Å²) < 4.78 is 33.9. The Morgan fingerprint density at radius 2 is 1.00 bits per heavy atom. The van der Waals surface area contributed by atoms with E-state index in [0.717, 1.165) is 81.6 Å². The van der Waals surface area contributed by atoms with Gasteiger partial charge in [0.25, 0.3) is 0 Å². The minimum atomic E-state index is -0.779. The molecule has 2 unspecified atom stereocenters. The van der Waals surface area contributed by atoms with Crippen LogP contribution in [0, 0.1) is 0 Å². The van der Waals surface area contributed by atoms with E-state index in [4.69, 9.17) is 28.4 Å². The molecule has 1 aliphatic heterocycles. The number of aryl methyl sites for hydroxylation is 4. The average Bonchev–Trinajstić information content (AvgIpc) is 4.25. The molecule has 7 heteroatoms. The fraction of sp³-hybridized carbons (Fsp3) is 0.410. The summed E-state index contributed by atoms with van der Waals surface area (Å²) in [6.07, 6.45) is 8.04. The van der Waals surface area contributed by atoms with Crippen molar-refractivity contribution in [2.75, 3.05) is 39.8 Å². The lowest BCUT2D eigenvalue weighted by molar-refractivity contribution is -0.0745. The van der Waals surface area contributed by atoms with Gasteiger partial charge in [0.15, 0.2) is 0 Å². The zero-order valence-corrected chi connectivity index (χ0v) is 41.0. The number of hydrogen-bond acceptors (Lipinski definition) is 7. The highest BCUT2D eigenvalue weighted by Gasteiger charge is 2.38. The van der Waals surface area contributed by atoms with Gasteiger partial charge in [-0.15, -0.1) is 0 Å². The third-order valence-corrected chi connectivity index (χ3v) is 14.4. The molecule has 3 aliphatic rings. The number of fused-ring (bicyclic) bond motifs is 2. The Balaban J connectivity index is 0.000000718. The Kier molecular flexibility index (Phi) is 16.5.